The fraction of sp³-hybridized carbons (Fsp3) is 0.414. The lowest BCUT2D eigenvalue weighted by molar-refractivity contribution is -0.134. The van der Waals surface area contributed by atoms with Gasteiger partial charge in [0.2, 0.25) is 5.91 Å². The van der Waals surface area contributed by atoms with Crippen molar-refractivity contribution in [3.63, 3.8) is 0 Å². The van der Waals surface area contributed by atoms with Gasteiger partial charge in [0, 0.05) is 30.9 Å². The highest BCUT2D eigenvalue weighted by atomic mass is 32.1. The molecule has 188 valence electrons. The average molecular weight is 504 g/mol. The van der Waals surface area contributed by atoms with Gasteiger partial charge in [0.05, 0.1) is 6.04 Å². The van der Waals surface area contributed by atoms with Crippen LogP contribution in [0.5, 0.6) is 5.75 Å². The summed E-state index contributed by atoms with van der Waals surface area (Å²) in [5.74, 6) is 1.15. The van der Waals surface area contributed by atoms with E-state index >= 15 is 0 Å². The summed E-state index contributed by atoms with van der Waals surface area (Å²) >= 11 is 1.44. The number of hydrogen-bond acceptors (Lipinski definition) is 5. The molecule has 3 aromatic rings. The topological polar surface area (TPSA) is 62.7 Å². The zero-order valence-corrected chi connectivity index (χ0v) is 22.0. The van der Waals surface area contributed by atoms with Gasteiger partial charge in [-0.25, -0.2) is 4.98 Å². The highest BCUT2D eigenvalue weighted by Gasteiger charge is 2.39. The van der Waals surface area contributed by atoms with E-state index in [2.05, 4.69) is 53.2 Å². The maximum Gasteiger partial charge on any atom is 0.273 e. The molecule has 2 heterocycles. The number of benzene rings is 2. The van der Waals surface area contributed by atoms with E-state index in [4.69, 9.17) is 4.74 Å². The lowest BCUT2D eigenvalue weighted by atomic mass is 9.87. The lowest BCUT2D eigenvalue weighted by Crippen LogP contribution is -2.41. The molecule has 0 saturated heterocycles. The maximum absolute atomic E-state index is 13.2. The van der Waals surface area contributed by atoms with Crippen molar-refractivity contribution >= 4 is 23.2 Å². The molecule has 1 aromatic heterocycles. The molecule has 0 unspecified atom stereocenters. The molecule has 2 amide bonds. The molecule has 1 fully saturated rings. The molecule has 1 aliphatic carbocycles. The highest BCUT2D eigenvalue weighted by molar-refractivity contribution is 7.09. The van der Waals surface area contributed by atoms with Crippen LogP contribution in [0.2, 0.25) is 0 Å². The van der Waals surface area contributed by atoms with Crippen LogP contribution in [-0.2, 0) is 17.8 Å². The summed E-state index contributed by atoms with van der Waals surface area (Å²) in [7, 11) is 0. The number of rotatable bonds is 8. The number of amides is 2. The molecule has 7 heteroatoms. The Bertz CT molecular complexity index is 1260. The number of carbonyl (C=O) groups is 2. The van der Waals surface area contributed by atoms with Crippen LogP contribution in [0, 0.1) is 12.8 Å². The predicted octanol–water partition coefficient (Wildman–Crippen LogP) is 5.40. The Kier molecular flexibility index (Phi) is 7.10. The normalized spacial score (nSPS) is 17.0. The van der Waals surface area contributed by atoms with Crippen LogP contribution in [0.3, 0.4) is 0 Å². The van der Waals surface area contributed by atoms with Crippen LogP contribution in [0.4, 0.5) is 0 Å². The summed E-state index contributed by atoms with van der Waals surface area (Å²) in [6.07, 6.45) is 2.84. The largest absolute Gasteiger partial charge is 0.486 e. The first-order valence-corrected chi connectivity index (χ1v) is 13.7. The number of aryl methyl sites for hydroxylation is 1. The van der Waals surface area contributed by atoms with E-state index in [-0.39, 0.29) is 23.8 Å². The lowest BCUT2D eigenvalue weighted by Gasteiger charge is -2.38. The van der Waals surface area contributed by atoms with E-state index in [1.165, 1.54) is 22.5 Å². The third-order valence-corrected chi connectivity index (χ3v) is 7.92. The molecule has 1 saturated carbocycles. The van der Waals surface area contributed by atoms with Crippen LogP contribution in [0.15, 0.2) is 47.8 Å². The molecule has 6 nitrogen and oxygen atoms in total. The van der Waals surface area contributed by atoms with E-state index < -0.39 is 0 Å². The zero-order valence-electron chi connectivity index (χ0n) is 21.2. The van der Waals surface area contributed by atoms with Crippen molar-refractivity contribution in [2.45, 2.75) is 52.7 Å². The number of nitrogens with zero attached hydrogens (tertiary/aromatic N) is 3. The summed E-state index contributed by atoms with van der Waals surface area (Å²) in [6.45, 7) is 8.40. The first-order chi connectivity index (χ1) is 17.5. The van der Waals surface area contributed by atoms with Gasteiger partial charge < -0.3 is 14.5 Å². The molecule has 5 rings (SSSR count). The van der Waals surface area contributed by atoms with Crippen LogP contribution in [0.1, 0.15) is 70.5 Å². The van der Waals surface area contributed by atoms with Crippen molar-refractivity contribution in [2.75, 3.05) is 19.6 Å². The second-order valence-electron chi connectivity index (χ2n) is 9.63. The molecule has 0 spiro atoms. The number of carbonyl (C=O) groups excluding carboxylic acids is 2. The second-order valence-corrected chi connectivity index (χ2v) is 10.6. The SMILES string of the molecule is CCN(CC)C(=O)c1csc(COc2ccc3c(c2)[C@@H](c2cccc(C)c2)N(C(=O)C2CC2)CC3)n1. The van der Waals surface area contributed by atoms with E-state index in [1.807, 2.05) is 19.9 Å². The van der Waals surface area contributed by atoms with Crippen LogP contribution >= 0.6 is 11.3 Å². The number of hydrogen-bond donors (Lipinski definition) is 0. The van der Waals surface area contributed by atoms with Crippen molar-refractivity contribution in [1.82, 2.24) is 14.8 Å². The monoisotopic (exact) mass is 503 g/mol. The van der Waals surface area contributed by atoms with E-state index in [1.54, 1.807) is 10.3 Å². The number of ether oxygens (including phenoxy) is 1. The number of thiazole rings is 1. The smallest absolute Gasteiger partial charge is 0.273 e. The van der Waals surface area contributed by atoms with Crippen LogP contribution in [0.25, 0.3) is 0 Å². The molecule has 1 aliphatic heterocycles. The number of fused-ring (bicyclic) bond motifs is 1. The first-order valence-electron chi connectivity index (χ1n) is 12.8. The summed E-state index contributed by atoms with van der Waals surface area (Å²) in [6, 6.07) is 14.6. The Morgan fingerprint density at radius 1 is 1.14 bits per heavy atom. The number of aromatic nitrogens is 1. The summed E-state index contributed by atoms with van der Waals surface area (Å²) < 4.78 is 6.15. The highest BCUT2D eigenvalue weighted by Crippen LogP contribution is 2.41. The van der Waals surface area contributed by atoms with Crippen molar-refractivity contribution < 1.29 is 14.3 Å². The minimum absolute atomic E-state index is 0.0438. The van der Waals surface area contributed by atoms with Gasteiger partial charge in [-0.15, -0.1) is 11.3 Å². The third kappa shape index (κ3) is 5.03. The van der Waals surface area contributed by atoms with Gasteiger partial charge in [0.15, 0.2) is 0 Å². The fourth-order valence-electron chi connectivity index (χ4n) is 4.98. The Hall–Kier alpha value is -3.19. The Morgan fingerprint density at radius 3 is 2.67 bits per heavy atom. The van der Waals surface area contributed by atoms with Gasteiger partial charge >= 0.3 is 0 Å². The van der Waals surface area contributed by atoms with Crippen molar-refractivity contribution in [3.05, 3.63) is 80.8 Å². The zero-order chi connectivity index (χ0) is 25.2. The van der Waals surface area contributed by atoms with Gasteiger partial charge in [0.1, 0.15) is 23.1 Å². The molecule has 0 bridgehead atoms. The van der Waals surface area contributed by atoms with Gasteiger partial charge in [0.25, 0.3) is 5.91 Å². The molecular formula is C29H33N3O3S. The summed E-state index contributed by atoms with van der Waals surface area (Å²) in [5.41, 5.74) is 5.19. The van der Waals surface area contributed by atoms with Gasteiger partial charge in [-0.3, -0.25) is 9.59 Å². The van der Waals surface area contributed by atoms with Crippen molar-refractivity contribution in [1.29, 1.82) is 0 Å². The maximum atomic E-state index is 13.2. The average Bonchev–Trinajstić information content (AvgIpc) is 3.64. The first kappa shape index (κ1) is 24.5. The minimum Gasteiger partial charge on any atom is -0.486 e. The van der Waals surface area contributed by atoms with Crippen LogP contribution in [-0.4, -0.2) is 46.2 Å². The van der Waals surface area contributed by atoms with E-state index in [9.17, 15) is 9.59 Å². The molecule has 2 aromatic carbocycles. The van der Waals surface area contributed by atoms with Crippen LogP contribution < -0.4 is 4.74 Å². The summed E-state index contributed by atoms with van der Waals surface area (Å²) in [5, 5.41) is 2.57. The predicted molar refractivity (Wildman–Crippen MR) is 141 cm³/mol. The van der Waals surface area contributed by atoms with Gasteiger partial charge in [-0.05, 0) is 68.9 Å². The quantitative estimate of drug-likeness (QED) is 0.413. The molecular weight excluding hydrogens is 470 g/mol. The Morgan fingerprint density at radius 2 is 1.94 bits per heavy atom. The van der Waals surface area contributed by atoms with Crippen molar-refractivity contribution in [2.24, 2.45) is 5.92 Å². The third-order valence-electron chi connectivity index (χ3n) is 7.10. The fourth-order valence-corrected chi connectivity index (χ4v) is 5.66. The minimum atomic E-state index is -0.108. The Labute approximate surface area is 216 Å². The van der Waals surface area contributed by atoms with E-state index in [0.717, 1.165) is 47.7 Å². The molecule has 1 atom stereocenters. The molecule has 36 heavy (non-hydrogen) atoms. The Balaban J connectivity index is 1.38. The standard InChI is InChI=1S/C29H33N3O3S/c1-4-31(5-2)29(34)25-18-36-26(30-25)17-35-23-12-11-20-13-14-32(28(33)21-9-10-21)27(24(20)16-23)22-8-6-7-19(3)15-22/h6-8,11-12,15-16,18,21,27H,4-5,9-10,13-14,17H2,1-3H3/t27-/m1/s1. The second kappa shape index (κ2) is 10.4. The summed E-state index contributed by atoms with van der Waals surface area (Å²) in [4.78, 5) is 34.2. The molecule has 0 radical (unpaired) electrons. The van der Waals surface area contributed by atoms with Crippen molar-refractivity contribution in [3.8, 4) is 5.75 Å². The van der Waals surface area contributed by atoms with E-state index in [0.29, 0.717) is 25.4 Å². The van der Waals surface area contributed by atoms with Gasteiger partial charge in [-0.1, -0.05) is 35.9 Å². The molecule has 0 N–H and O–H groups in total. The van der Waals surface area contributed by atoms with Gasteiger partial charge in [-0.2, -0.15) is 0 Å². The molecule has 2 aliphatic rings.